The second kappa shape index (κ2) is 8.40. The Labute approximate surface area is 177 Å². The summed E-state index contributed by atoms with van der Waals surface area (Å²) in [6, 6.07) is 6.98. The molecule has 8 heteroatoms. The van der Waals surface area contributed by atoms with Crippen LogP contribution in [0.4, 0.5) is 5.69 Å². The largest absolute Gasteiger partial charge is 0.506 e. The van der Waals surface area contributed by atoms with Crippen molar-refractivity contribution in [3.8, 4) is 5.75 Å². The summed E-state index contributed by atoms with van der Waals surface area (Å²) < 4.78 is 0. The SMILES string of the molecule is CC(C(=O)N1CCN(c2ccccc2O)CC1)N1C[C@@H]2CCC[C@@]2(C(=O)O)C1.Cl. The Kier molecular flexibility index (Phi) is 6.29. The number of para-hydroxylation sites is 2. The number of nitrogens with zero attached hydrogens (tertiary/aromatic N) is 3. The van der Waals surface area contributed by atoms with Gasteiger partial charge in [-0.15, -0.1) is 12.4 Å². The van der Waals surface area contributed by atoms with E-state index in [2.05, 4.69) is 9.80 Å². The van der Waals surface area contributed by atoms with Crippen molar-refractivity contribution in [3.63, 3.8) is 0 Å². The second-order valence-electron chi connectivity index (χ2n) is 8.46. The molecular formula is C21H30ClN3O4. The van der Waals surface area contributed by atoms with E-state index in [-0.39, 0.29) is 36.0 Å². The van der Waals surface area contributed by atoms with Gasteiger partial charge in [-0.1, -0.05) is 18.6 Å². The van der Waals surface area contributed by atoms with E-state index in [0.29, 0.717) is 39.3 Å². The molecule has 1 saturated carbocycles. The number of carboxylic acid groups (broad SMARTS) is 1. The van der Waals surface area contributed by atoms with E-state index in [1.165, 1.54) is 0 Å². The fraction of sp³-hybridized carbons (Fsp3) is 0.619. The number of rotatable bonds is 4. The third-order valence-corrected chi connectivity index (χ3v) is 7.04. The van der Waals surface area contributed by atoms with Crippen LogP contribution >= 0.6 is 12.4 Å². The zero-order chi connectivity index (χ0) is 19.9. The molecule has 2 N–H and O–H groups in total. The number of fused-ring (bicyclic) bond motifs is 1. The highest BCUT2D eigenvalue weighted by Crippen LogP contribution is 2.49. The van der Waals surface area contributed by atoms with E-state index in [1.54, 1.807) is 12.1 Å². The molecule has 3 atom stereocenters. The number of aromatic hydroxyl groups is 1. The van der Waals surface area contributed by atoms with Gasteiger partial charge >= 0.3 is 5.97 Å². The van der Waals surface area contributed by atoms with E-state index in [0.717, 1.165) is 24.9 Å². The summed E-state index contributed by atoms with van der Waals surface area (Å²) in [5.41, 5.74) is 0.149. The Balaban J connectivity index is 0.00000240. The van der Waals surface area contributed by atoms with Crippen LogP contribution in [-0.4, -0.2) is 77.2 Å². The first-order valence-corrected chi connectivity index (χ1v) is 10.2. The first kappa shape index (κ1) is 21.7. The Morgan fingerprint density at radius 1 is 1.17 bits per heavy atom. The lowest BCUT2D eigenvalue weighted by Crippen LogP contribution is -2.54. The number of phenolic OH excluding ortho intramolecular Hbond substituents is 1. The van der Waals surface area contributed by atoms with Crippen molar-refractivity contribution in [1.29, 1.82) is 0 Å². The molecule has 2 aliphatic heterocycles. The summed E-state index contributed by atoms with van der Waals surface area (Å²) in [7, 11) is 0. The van der Waals surface area contributed by atoms with Gasteiger partial charge in [-0.25, -0.2) is 0 Å². The highest BCUT2D eigenvalue weighted by atomic mass is 35.5. The molecule has 0 radical (unpaired) electrons. The summed E-state index contributed by atoms with van der Waals surface area (Å²) in [4.78, 5) is 31.0. The lowest BCUT2D eigenvalue weighted by Gasteiger charge is -2.38. The number of amides is 1. The van der Waals surface area contributed by atoms with Crippen LogP contribution in [0, 0.1) is 11.3 Å². The van der Waals surface area contributed by atoms with Crippen LogP contribution < -0.4 is 4.90 Å². The molecule has 160 valence electrons. The molecule has 1 amide bonds. The average molecular weight is 424 g/mol. The number of carbonyl (C=O) groups excluding carboxylic acids is 1. The van der Waals surface area contributed by atoms with Gasteiger partial charge < -0.3 is 20.0 Å². The first-order valence-electron chi connectivity index (χ1n) is 10.2. The van der Waals surface area contributed by atoms with Gasteiger partial charge in [-0.3, -0.25) is 14.5 Å². The fourth-order valence-corrected chi connectivity index (χ4v) is 5.29. The molecule has 0 aromatic heterocycles. The molecule has 3 aliphatic rings. The number of halogens is 1. The van der Waals surface area contributed by atoms with E-state index < -0.39 is 11.4 Å². The molecule has 2 heterocycles. The number of piperazine rings is 1. The van der Waals surface area contributed by atoms with Crippen molar-refractivity contribution >= 4 is 30.0 Å². The minimum Gasteiger partial charge on any atom is -0.506 e. The number of phenols is 1. The van der Waals surface area contributed by atoms with E-state index in [1.807, 2.05) is 24.0 Å². The van der Waals surface area contributed by atoms with Gasteiger partial charge in [0.2, 0.25) is 5.91 Å². The molecule has 7 nitrogen and oxygen atoms in total. The minimum absolute atomic E-state index is 0. The molecule has 29 heavy (non-hydrogen) atoms. The van der Waals surface area contributed by atoms with Gasteiger partial charge in [0.25, 0.3) is 0 Å². The summed E-state index contributed by atoms with van der Waals surface area (Å²) in [6.45, 7) is 5.68. The highest BCUT2D eigenvalue weighted by Gasteiger charge is 2.56. The molecular weight excluding hydrogens is 394 g/mol. The molecule has 1 aromatic rings. The van der Waals surface area contributed by atoms with Gasteiger partial charge in [-0.2, -0.15) is 0 Å². The second-order valence-corrected chi connectivity index (χ2v) is 8.46. The third kappa shape index (κ3) is 3.78. The highest BCUT2D eigenvalue weighted by molar-refractivity contribution is 5.85. The molecule has 1 aromatic carbocycles. The Hall–Kier alpha value is -1.99. The molecule has 4 rings (SSSR count). The average Bonchev–Trinajstić information content (AvgIpc) is 3.26. The summed E-state index contributed by atoms with van der Waals surface area (Å²) in [6.07, 6.45) is 2.65. The maximum absolute atomic E-state index is 13.1. The fourth-order valence-electron chi connectivity index (χ4n) is 5.29. The number of anilines is 1. The maximum Gasteiger partial charge on any atom is 0.311 e. The zero-order valence-corrected chi connectivity index (χ0v) is 17.6. The Bertz CT molecular complexity index is 768. The van der Waals surface area contributed by atoms with Crippen molar-refractivity contribution in [1.82, 2.24) is 9.80 Å². The Morgan fingerprint density at radius 3 is 2.48 bits per heavy atom. The van der Waals surface area contributed by atoms with Crippen LogP contribution in [0.1, 0.15) is 26.2 Å². The van der Waals surface area contributed by atoms with Gasteiger partial charge in [0.1, 0.15) is 5.75 Å². The normalized spacial score (nSPS) is 28.0. The standard InChI is InChI=1S/C21H29N3O4.ClH/c1-15(24-13-16-5-4-8-21(16,14-24)20(27)28)19(26)23-11-9-22(10-12-23)17-6-2-3-7-18(17)25;/h2-3,6-7,15-16,25H,4-5,8-14H2,1H3,(H,27,28);1H/t15?,16-,21+;/m0./s1. The topological polar surface area (TPSA) is 84.3 Å². The van der Waals surface area contributed by atoms with Gasteiger partial charge in [0.15, 0.2) is 0 Å². The monoisotopic (exact) mass is 423 g/mol. The number of benzene rings is 1. The van der Waals surface area contributed by atoms with E-state index in [9.17, 15) is 19.8 Å². The van der Waals surface area contributed by atoms with Crippen LogP contribution in [0.15, 0.2) is 24.3 Å². The number of likely N-dealkylation sites (tertiary alicyclic amines) is 1. The zero-order valence-electron chi connectivity index (χ0n) is 16.8. The van der Waals surface area contributed by atoms with Gasteiger partial charge in [0.05, 0.1) is 17.1 Å². The quantitative estimate of drug-likeness (QED) is 0.771. The minimum atomic E-state index is -0.701. The van der Waals surface area contributed by atoms with Crippen molar-refractivity contribution in [3.05, 3.63) is 24.3 Å². The van der Waals surface area contributed by atoms with Crippen LogP contribution in [0.5, 0.6) is 5.75 Å². The predicted octanol–water partition coefficient (Wildman–Crippen LogP) is 2.04. The van der Waals surface area contributed by atoms with Crippen LogP contribution in [-0.2, 0) is 9.59 Å². The smallest absolute Gasteiger partial charge is 0.311 e. The van der Waals surface area contributed by atoms with Crippen molar-refractivity contribution in [2.24, 2.45) is 11.3 Å². The summed E-state index contributed by atoms with van der Waals surface area (Å²) in [5, 5.41) is 19.8. The van der Waals surface area contributed by atoms with Crippen molar-refractivity contribution < 1.29 is 19.8 Å². The van der Waals surface area contributed by atoms with E-state index >= 15 is 0 Å². The first-order chi connectivity index (χ1) is 13.4. The Morgan fingerprint density at radius 2 is 1.86 bits per heavy atom. The number of hydrogen-bond donors (Lipinski definition) is 2. The molecule has 3 fully saturated rings. The van der Waals surface area contributed by atoms with Crippen LogP contribution in [0.3, 0.4) is 0 Å². The maximum atomic E-state index is 13.1. The predicted molar refractivity (Wildman–Crippen MR) is 113 cm³/mol. The van der Waals surface area contributed by atoms with Gasteiger partial charge in [-0.05, 0) is 37.8 Å². The van der Waals surface area contributed by atoms with Crippen molar-refractivity contribution in [2.45, 2.75) is 32.2 Å². The molecule has 1 unspecified atom stereocenters. The molecule has 2 saturated heterocycles. The lowest BCUT2D eigenvalue weighted by molar-refractivity contribution is -0.150. The number of hydrogen-bond acceptors (Lipinski definition) is 5. The number of carboxylic acids is 1. The van der Waals surface area contributed by atoms with E-state index in [4.69, 9.17) is 0 Å². The van der Waals surface area contributed by atoms with Crippen LogP contribution in [0.25, 0.3) is 0 Å². The molecule has 1 aliphatic carbocycles. The lowest BCUT2D eigenvalue weighted by atomic mass is 9.81. The number of aliphatic carboxylic acids is 1. The summed E-state index contributed by atoms with van der Waals surface area (Å²) >= 11 is 0. The van der Waals surface area contributed by atoms with Crippen molar-refractivity contribution in [2.75, 3.05) is 44.2 Å². The van der Waals surface area contributed by atoms with Crippen LogP contribution in [0.2, 0.25) is 0 Å². The summed E-state index contributed by atoms with van der Waals surface area (Å²) in [5.74, 6) is -0.192. The number of carbonyl (C=O) groups is 2. The molecule has 0 spiro atoms. The molecule has 0 bridgehead atoms. The van der Waals surface area contributed by atoms with Gasteiger partial charge in [0, 0.05) is 39.3 Å². The third-order valence-electron chi connectivity index (χ3n) is 7.04.